The fourth-order valence-electron chi connectivity index (χ4n) is 3.53. The van der Waals surface area contributed by atoms with Crippen LogP contribution in [0.2, 0.25) is 0 Å². The summed E-state index contributed by atoms with van der Waals surface area (Å²) in [5, 5.41) is 0. The van der Waals surface area contributed by atoms with Gasteiger partial charge < -0.3 is 4.90 Å². The average Bonchev–Trinajstić information content (AvgIpc) is 3.09. The number of anilines is 1. The summed E-state index contributed by atoms with van der Waals surface area (Å²) in [7, 11) is 0. The van der Waals surface area contributed by atoms with Crippen molar-refractivity contribution < 1.29 is 9.59 Å². The van der Waals surface area contributed by atoms with E-state index in [-0.39, 0.29) is 11.8 Å². The number of rotatable bonds is 8. The van der Waals surface area contributed by atoms with Gasteiger partial charge >= 0.3 is 0 Å². The van der Waals surface area contributed by atoms with Crippen molar-refractivity contribution in [2.24, 2.45) is 0 Å². The molecule has 1 saturated heterocycles. The van der Waals surface area contributed by atoms with E-state index < -0.39 is 0 Å². The fourth-order valence-corrected chi connectivity index (χ4v) is 5.27. The number of unbranched alkanes of at least 4 members (excludes halogenated alkanes) is 4. The molecule has 0 radical (unpaired) electrons. The highest BCUT2D eigenvalue weighted by atomic mass is 79.9. The zero-order valence-electron chi connectivity index (χ0n) is 16.3. The van der Waals surface area contributed by atoms with Crippen LogP contribution in [-0.4, -0.2) is 34.1 Å². The molecular formula is C21H25BrN2O2S2. The normalized spacial score (nSPS) is 19.2. The molecule has 7 heteroatoms. The molecule has 0 atom stereocenters. The average molecular weight is 481 g/mol. The van der Waals surface area contributed by atoms with Gasteiger partial charge in [-0.25, -0.2) is 0 Å². The van der Waals surface area contributed by atoms with Gasteiger partial charge in [0, 0.05) is 23.1 Å². The maximum Gasteiger partial charge on any atom is 0.267 e. The number of hydrogen-bond acceptors (Lipinski definition) is 4. The summed E-state index contributed by atoms with van der Waals surface area (Å²) in [6, 6.07) is 5.84. The van der Waals surface area contributed by atoms with Crippen LogP contribution in [0, 0.1) is 0 Å². The molecule has 1 aromatic carbocycles. The summed E-state index contributed by atoms with van der Waals surface area (Å²) < 4.78 is 1.45. The summed E-state index contributed by atoms with van der Waals surface area (Å²) in [4.78, 5) is 30.3. The van der Waals surface area contributed by atoms with Gasteiger partial charge in [0.15, 0.2) is 0 Å². The second-order valence-electron chi connectivity index (χ2n) is 7.06. The van der Waals surface area contributed by atoms with Crippen LogP contribution in [0.3, 0.4) is 0 Å². The quantitative estimate of drug-likeness (QED) is 0.270. The molecule has 0 saturated carbocycles. The van der Waals surface area contributed by atoms with Crippen LogP contribution < -0.4 is 4.90 Å². The fraction of sp³-hybridized carbons (Fsp3) is 0.476. The molecule has 3 rings (SSSR count). The monoisotopic (exact) mass is 480 g/mol. The largest absolute Gasteiger partial charge is 0.308 e. The summed E-state index contributed by atoms with van der Waals surface area (Å²) in [5.74, 6) is -0.214. The molecular weight excluding hydrogens is 456 g/mol. The number of carbonyl (C=O) groups is 2. The second kappa shape index (κ2) is 9.55. The Balaban J connectivity index is 1.96. The van der Waals surface area contributed by atoms with E-state index in [1.165, 1.54) is 11.8 Å². The van der Waals surface area contributed by atoms with Crippen LogP contribution in [0.5, 0.6) is 0 Å². The molecule has 0 N–H and O–H groups in total. The molecule has 0 aliphatic carbocycles. The Morgan fingerprint density at radius 2 is 1.61 bits per heavy atom. The van der Waals surface area contributed by atoms with Gasteiger partial charge in [-0.05, 0) is 31.0 Å². The van der Waals surface area contributed by atoms with Crippen molar-refractivity contribution in [2.75, 3.05) is 18.0 Å². The SMILES string of the molecule is CCCCCN1C(=O)/C(=C2/C(=O)N(CCCCC)c3ccc(Br)cc32)SC1=S. The minimum Gasteiger partial charge on any atom is -0.308 e. The molecule has 0 spiro atoms. The first-order valence-electron chi connectivity index (χ1n) is 9.89. The summed E-state index contributed by atoms with van der Waals surface area (Å²) in [6.45, 7) is 5.56. The Kier molecular flexibility index (Phi) is 7.34. The van der Waals surface area contributed by atoms with Crippen molar-refractivity contribution in [3.8, 4) is 0 Å². The predicted octanol–water partition coefficient (Wildman–Crippen LogP) is 5.75. The van der Waals surface area contributed by atoms with E-state index in [0.717, 1.165) is 54.2 Å². The van der Waals surface area contributed by atoms with Crippen LogP contribution >= 0.6 is 39.9 Å². The van der Waals surface area contributed by atoms with Gasteiger partial charge in [-0.1, -0.05) is 79.4 Å². The number of amides is 2. The van der Waals surface area contributed by atoms with Crippen LogP contribution in [0.1, 0.15) is 57.9 Å². The highest BCUT2D eigenvalue weighted by molar-refractivity contribution is 9.10. The molecule has 2 aliphatic heterocycles. The molecule has 2 aliphatic rings. The van der Waals surface area contributed by atoms with Gasteiger partial charge in [-0.3, -0.25) is 14.5 Å². The molecule has 2 heterocycles. The molecule has 1 aromatic rings. The van der Waals surface area contributed by atoms with E-state index in [9.17, 15) is 9.59 Å². The first-order chi connectivity index (χ1) is 13.5. The van der Waals surface area contributed by atoms with Crippen molar-refractivity contribution in [2.45, 2.75) is 52.4 Å². The van der Waals surface area contributed by atoms with Crippen LogP contribution in [0.4, 0.5) is 5.69 Å². The zero-order valence-corrected chi connectivity index (χ0v) is 19.5. The highest BCUT2D eigenvalue weighted by Crippen LogP contribution is 2.45. The predicted molar refractivity (Wildman–Crippen MR) is 124 cm³/mol. The summed E-state index contributed by atoms with van der Waals surface area (Å²) in [5.41, 5.74) is 2.21. The lowest BCUT2D eigenvalue weighted by Crippen LogP contribution is -2.30. The molecule has 28 heavy (non-hydrogen) atoms. The van der Waals surface area contributed by atoms with E-state index in [1.807, 2.05) is 23.1 Å². The summed E-state index contributed by atoms with van der Waals surface area (Å²) >= 11 is 10.2. The van der Waals surface area contributed by atoms with E-state index in [4.69, 9.17) is 12.2 Å². The third-order valence-electron chi connectivity index (χ3n) is 5.02. The minimum atomic E-state index is -0.129. The van der Waals surface area contributed by atoms with Crippen molar-refractivity contribution in [1.29, 1.82) is 0 Å². The van der Waals surface area contributed by atoms with Crippen molar-refractivity contribution >= 4 is 67.3 Å². The molecule has 4 nitrogen and oxygen atoms in total. The summed E-state index contributed by atoms with van der Waals surface area (Å²) in [6.07, 6.45) is 6.18. The maximum atomic E-state index is 13.3. The van der Waals surface area contributed by atoms with Gasteiger partial charge in [0.2, 0.25) is 0 Å². The van der Waals surface area contributed by atoms with Crippen molar-refractivity contribution in [1.82, 2.24) is 4.90 Å². The second-order valence-corrected chi connectivity index (χ2v) is 9.62. The Bertz CT molecular complexity index is 838. The van der Waals surface area contributed by atoms with Gasteiger partial charge in [-0.15, -0.1) is 0 Å². The van der Waals surface area contributed by atoms with Crippen LogP contribution in [0.15, 0.2) is 27.6 Å². The maximum absolute atomic E-state index is 13.3. The standard InChI is InChI=1S/C21H25BrN2O2S2/c1-3-5-7-11-23-16-10-9-14(22)13-15(16)17(19(23)25)18-20(26)24(21(27)28-18)12-8-6-4-2/h9-10,13H,3-8,11-12H2,1-2H3/b18-17-. The molecule has 2 amide bonds. The first kappa shape index (κ1) is 21.5. The topological polar surface area (TPSA) is 40.6 Å². The zero-order chi connectivity index (χ0) is 20.3. The Morgan fingerprint density at radius 3 is 2.25 bits per heavy atom. The third-order valence-corrected chi connectivity index (χ3v) is 6.97. The Labute approximate surface area is 184 Å². The van der Waals surface area contributed by atoms with Gasteiger partial charge in [0.25, 0.3) is 11.8 Å². The first-order valence-corrected chi connectivity index (χ1v) is 11.9. The van der Waals surface area contributed by atoms with Gasteiger partial charge in [0.05, 0.1) is 16.2 Å². The molecule has 150 valence electrons. The van der Waals surface area contributed by atoms with Gasteiger partial charge in [-0.2, -0.15) is 0 Å². The minimum absolute atomic E-state index is 0.0849. The van der Waals surface area contributed by atoms with Crippen molar-refractivity contribution in [3.05, 3.63) is 33.1 Å². The molecule has 1 fully saturated rings. The van der Waals surface area contributed by atoms with E-state index >= 15 is 0 Å². The smallest absolute Gasteiger partial charge is 0.267 e. The van der Waals surface area contributed by atoms with Crippen LogP contribution in [-0.2, 0) is 9.59 Å². The number of hydrogen-bond donors (Lipinski definition) is 0. The van der Waals surface area contributed by atoms with Gasteiger partial charge in [0.1, 0.15) is 4.32 Å². The van der Waals surface area contributed by atoms with Crippen LogP contribution in [0.25, 0.3) is 5.57 Å². The Morgan fingerprint density at radius 1 is 0.964 bits per heavy atom. The number of fused-ring (bicyclic) bond motifs is 1. The number of carbonyl (C=O) groups excluding carboxylic acids is 2. The Hall–Kier alpha value is -1.18. The lowest BCUT2D eigenvalue weighted by atomic mass is 10.1. The highest BCUT2D eigenvalue weighted by Gasteiger charge is 2.41. The lowest BCUT2D eigenvalue weighted by Gasteiger charge is -2.17. The number of halogens is 1. The van der Waals surface area contributed by atoms with E-state index in [0.29, 0.717) is 27.9 Å². The van der Waals surface area contributed by atoms with Crippen molar-refractivity contribution in [3.63, 3.8) is 0 Å². The number of thioether (sulfide) groups is 1. The number of nitrogens with zero attached hydrogens (tertiary/aromatic N) is 2. The third kappa shape index (κ3) is 4.21. The molecule has 0 bridgehead atoms. The van der Waals surface area contributed by atoms with E-state index in [1.54, 1.807) is 4.90 Å². The lowest BCUT2D eigenvalue weighted by molar-refractivity contribution is -0.122. The van der Waals surface area contributed by atoms with E-state index in [2.05, 4.69) is 29.8 Å². The number of benzene rings is 1. The molecule has 0 unspecified atom stereocenters. The molecule has 0 aromatic heterocycles. The number of thiocarbonyl (C=S) groups is 1.